The molecule has 0 saturated carbocycles. The highest BCUT2D eigenvalue weighted by Crippen LogP contribution is 2.30. The molecule has 23 heavy (non-hydrogen) atoms. The predicted octanol–water partition coefficient (Wildman–Crippen LogP) is 4.65. The highest BCUT2D eigenvalue weighted by molar-refractivity contribution is 5.40. The van der Waals surface area contributed by atoms with Gasteiger partial charge >= 0.3 is 6.18 Å². The molecule has 1 unspecified atom stereocenters. The first-order valence-corrected chi connectivity index (χ1v) is 6.85. The van der Waals surface area contributed by atoms with Crippen molar-refractivity contribution in [2.75, 3.05) is 5.32 Å². The summed E-state index contributed by atoms with van der Waals surface area (Å²) in [5.74, 6) is -1.44. The molecule has 1 aromatic heterocycles. The van der Waals surface area contributed by atoms with E-state index in [1.54, 1.807) is 6.92 Å². The quantitative estimate of drug-likeness (QED) is 0.829. The zero-order chi connectivity index (χ0) is 17.2. The maximum atomic E-state index is 13.8. The number of nitrogens with zero attached hydrogens (tertiary/aromatic N) is 2. The average Bonchev–Trinajstić information content (AvgIpc) is 2.46. The van der Waals surface area contributed by atoms with Gasteiger partial charge in [0, 0.05) is 11.6 Å². The fourth-order valence-electron chi connectivity index (χ4n) is 2.15. The van der Waals surface area contributed by atoms with Crippen LogP contribution in [0.1, 0.15) is 36.5 Å². The topological polar surface area (TPSA) is 37.8 Å². The molecule has 0 saturated heterocycles. The Balaban J connectivity index is 2.36. The highest BCUT2D eigenvalue weighted by Gasteiger charge is 2.33. The molecule has 1 aromatic carbocycles. The Morgan fingerprint density at radius 1 is 1.13 bits per heavy atom. The summed E-state index contributed by atoms with van der Waals surface area (Å²) in [7, 11) is 0. The Bertz CT molecular complexity index is 700. The summed E-state index contributed by atoms with van der Waals surface area (Å²) in [6.45, 7) is 3.02. The molecular weight excluding hydrogens is 317 g/mol. The Hall–Kier alpha value is -2.25. The van der Waals surface area contributed by atoms with E-state index in [-0.39, 0.29) is 17.2 Å². The van der Waals surface area contributed by atoms with Gasteiger partial charge in [0.1, 0.15) is 29.0 Å². The van der Waals surface area contributed by atoms with Crippen LogP contribution < -0.4 is 5.32 Å². The number of nitrogens with one attached hydrogen (secondary N) is 1. The van der Waals surface area contributed by atoms with Crippen LogP contribution in [0.2, 0.25) is 0 Å². The van der Waals surface area contributed by atoms with Gasteiger partial charge in [-0.25, -0.2) is 18.7 Å². The van der Waals surface area contributed by atoms with Crippen molar-refractivity contribution in [3.05, 3.63) is 53.0 Å². The third-order valence-electron chi connectivity index (χ3n) is 3.19. The highest BCUT2D eigenvalue weighted by atomic mass is 19.4. The van der Waals surface area contributed by atoms with Crippen LogP contribution in [0.4, 0.5) is 27.8 Å². The first-order chi connectivity index (χ1) is 10.7. The Labute approximate surface area is 129 Å². The second-order valence-electron chi connectivity index (χ2n) is 4.95. The number of hydrogen-bond acceptors (Lipinski definition) is 3. The third-order valence-corrected chi connectivity index (χ3v) is 3.19. The van der Waals surface area contributed by atoms with E-state index in [0.717, 1.165) is 24.3 Å². The van der Waals surface area contributed by atoms with Gasteiger partial charge < -0.3 is 5.32 Å². The van der Waals surface area contributed by atoms with E-state index in [4.69, 9.17) is 0 Å². The lowest BCUT2D eigenvalue weighted by Crippen LogP contribution is -2.16. The van der Waals surface area contributed by atoms with Crippen molar-refractivity contribution in [3.8, 4) is 0 Å². The maximum absolute atomic E-state index is 13.8. The average molecular weight is 331 g/mol. The fraction of sp³-hybridized carbons (Fsp3) is 0.333. The SMILES string of the molecule is CCC(Nc1cc(C(F)(F)F)nc(C)n1)c1cc(F)ccc1F. The van der Waals surface area contributed by atoms with Gasteiger partial charge in [0.05, 0.1) is 6.04 Å². The van der Waals surface area contributed by atoms with Crippen molar-refractivity contribution < 1.29 is 22.0 Å². The molecule has 0 radical (unpaired) electrons. The molecule has 0 bridgehead atoms. The Morgan fingerprint density at radius 3 is 2.43 bits per heavy atom. The van der Waals surface area contributed by atoms with Crippen molar-refractivity contribution >= 4 is 5.82 Å². The van der Waals surface area contributed by atoms with E-state index in [1.807, 2.05) is 0 Å². The number of aromatic nitrogens is 2. The van der Waals surface area contributed by atoms with Gasteiger partial charge in [-0.1, -0.05) is 6.92 Å². The molecule has 124 valence electrons. The van der Waals surface area contributed by atoms with Gasteiger partial charge in [0.15, 0.2) is 0 Å². The van der Waals surface area contributed by atoms with Crippen LogP contribution in [0.3, 0.4) is 0 Å². The summed E-state index contributed by atoms with van der Waals surface area (Å²) in [6, 6.07) is 2.98. The number of halogens is 5. The minimum atomic E-state index is -4.62. The third kappa shape index (κ3) is 4.14. The lowest BCUT2D eigenvalue weighted by atomic mass is 10.0. The predicted molar refractivity (Wildman–Crippen MR) is 74.8 cm³/mol. The van der Waals surface area contributed by atoms with E-state index in [1.165, 1.54) is 6.92 Å². The molecule has 0 aliphatic rings. The second-order valence-corrected chi connectivity index (χ2v) is 4.95. The molecule has 1 atom stereocenters. The molecule has 2 rings (SSSR count). The van der Waals surface area contributed by atoms with Gasteiger partial charge in [0.2, 0.25) is 0 Å². The van der Waals surface area contributed by atoms with Crippen LogP contribution in [0.5, 0.6) is 0 Å². The Kier molecular flexibility index (Phi) is 4.82. The Morgan fingerprint density at radius 2 is 1.83 bits per heavy atom. The van der Waals surface area contributed by atoms with Crippen LogP contribution in [0, 0.1) is 18.6 Å². The van der Waals surface area contributed by atoms with Crippen LogP contribution in [-0.2, 0) is 6.18 Å². The molecule has 3 nitrogen and oxygen atoms in total. The van der Waals surface area contributed by atoms with E-state index in [0.29, 0.717) is 6.42 Å². The van der Waals surface area contributed by atoms with Crippen LogP contribution in [0.25, 0.3) is 0 Å². The largest absolute Gasteiger partial charge is 0.433 e. The number of aryl methyl sites for hydroxylation is 1. The summed E-state index contributed by atoms with van der Waals surface area (Å²) < 4.78 is 65.5. The molecule has 8 heteroatoms. The molecule has 0 amide bonds. The van der Waals surface area contributed by atoms with E-state index in [9.17, 15) is 22.0 Å². The van der Waals surface area contributed by atoms with Crippen molar-refractivity contribution in [2.45, 2.75) is 32.5 Å². The van der Waals surface area contributed by atoms with Gasteiger partial charge in [-0.15, -0.1) is 0 Å². The molecule has 0 aliphatic carbocycles. The second kappa shape index (κ2) is 6.47. The van der Waals surface area contributed by atoms with Gasteiger partial charge in [-0.2, -0.15) is 13.2 Å². The van der Waals surface area contributed by atoms with E-state index >= 15 is 0 Å². The number of benzene rings is 1. The summed E-state index contributed by atoms with van der Waals surface area (Å²) in [5, 5.41) is 2.71. The maximum Gasteiger partial charge on any atom is 0.433 e. The van der Waals surface area contributed by atoms with E-state index < -0.39 is 29.5 Å². The van der Waals surface area contributed by atoms with Crippen molar-refractivity contribution in [1.82, 2.24) is 9.97 Å². The van der Waals surface area contributed by atoms with Crippen LogP contribution >= 0.6 is 0 Å². The number of rotatable bonds is 4. The monoisotopic (exact) mass is 331 g/mol. The van der Waals surface area contributed by atoms with Gasteiger partial charge in [-0.3, -0.25) is 0 Å². The standard InChI is InChI=1S/C15H14F5N3/c1-3-12(10-6-9(16)4-5-11(10)17)23-14-7-13(15(18,19)20)21-8(2)22-14/h4-7,12H,3H2,1-2H3,(H,21,22,23). The zero-order valence-electron chi connectivity index (χ0n) is 12.4. The minimum Gasteiger partial charge on any atom is -0.363 e. The molecule has 1 N–H and O–H groups in total. The molecular formula is C15H14F5N3. The first-order valence-electron chi connectivity index (χ1n) is 6.85. The van der Waals surface area contributed by atoms with E-state index in [2.05, 4.69) is 15.3 Å². The summed E-state index contributed by atoms with van der Waals surface area (Å²) in [5.41, 5.74) is -1.07. The number of hydrogen-bond donors (Lipinski definition) is 1. The first kappa shape index (κ1) is 17.1. The van der Waals surface area contributed by atoms with Crippen molar-refractivity contribution in [3.63, 3.8) is 0 Å². The normalized spacial score (nSPS) is 13.0. The smallest absolute Gasteiger partial charge is 0.363 e. The van der Waals surface area contributed by atoms with Gasteiger partial charge in [-0.05, 0) is 31.5 Å². The number of anilines is 1. The minimum absolute atomic E-state index is 0.0253. The number of alkyl halides is 3. The van der Waals surface area contributed by atoms with Crippen molar-refractivity contribution in [1.29, 1.82) is 0 Å². The molecule has 0 fully saturated rings. The van der Waals surface area contributed by atoms with Crippen LogP contribution in [0.15, 0.2) is 24.3 Å². The molecule has 1 heterocycles. The molecule has 0 aliphatic heterocycles. The summed E-state index contributed by atoms with van der Waals surface area (Å²) in [4.78, 5) is 7.21. The van der Waals surface area contributed by atoms with Crippen LogP contribution in [-0.4, -0.2) is 9.97 Å². The summed E-state index contributed by atoms with van der Waals surface area (Å²) >= 11 is 0. The lowest BCUT2D eigenvalue weighted by molar-refractivity contribution is -0.141. The molecule has 0 spiro atoms. The molecule has 2 aromatic rings. The van der Waals surface area contributed by atoms with Gasteiger partial charge in [0.25, 0.3) is 0 Å². The summed E-state index contributed by atoms with van der Waals surface area (Å²) in [6.07, 6.45) is -4.29. The lowest BCUT2D eigenvalue weighted by Gasteiger charge is -2.19. The van der Waals surface area contributed by atoms with Crippen molar-refractivity contribution in [2.24, 2.45) is 0 Å². The fourth-order valence-corrected chi connectivity index (χ4v) is 2.15. The zero-order valence-corrected chi connectivity index (χ0v) is 12.4.